The lowest BCUT2D eigenvalue weighted by Crippen LogP contribution is -2.37. The number of ether oxygens (including phenoxy) is 1. The van der Waals surface area contributed by atoms with Gasteiger partial charge in [0.05, 0.1) is 7.11 Å². The maximum absolute atomic E-state index is 12.5. The third kappa shape index (κ3) is 5.04. The van der Waals surface area contributed by atoms with Gasteiger partial charge in [-0.15, -0.1) is 11.3 Å². The van der Waals surface area contributed by atoms with Crippen molar-refractivity contribution in [1.29, 1.82) is 0 Å². The Hall–Kier alpha value is -1.41. The van der Waals surface area contributed by atoms with E-state index in [0.717, 1.165) is 29.3 Å². The molecule has 0 spiro atoms. The lowest BCUT2D eigenvalue weighted by atomic mass is 10.1. The van der Waals surface area contributed by atoms with E-state index in [2.05, 4.69) is 23.5 Å². The molecule has 0 saturated heterocycles. The van der Waals surface area contributed by atoms with Crippen molar-refractivity contribution in [2.75, 3.05) is 26.7 Å². The summed E-state index contributed by atoms with van der Waals surface area (Å²) in [6.07, 6.45) is 0. The summed E-state index contributed by atoms with van der Waals surface area (Å²) in [5.74, 6) is 0.789. The number of benzene rings is 1. The topological polar surface area (TPSA) is 58.6 Å². The molecule has 0 aliphatic heterocycles. The summed E-state index contributed by atoms with van der Waals surface area (Å²) in [5, 5.41) is 0. The molecule has 0 fully saturated rings. The van der Waals surface area contributed by atoms with Crippen LogP contribution in [-0.4, -0.2) is 40.1 Å². The van der Waals surface area contributed by atoms with E-state index < -0.39 is 10.0 Å². The minimum atomic E-state index is -3.49. The van der Waals surface area contributed by atoms with Crippen LogP contribution >= 0.6 is 11.3 Å². The molecule has 1 heterocycles. The molecule has 1 N–H and O–H groups in total. The molecule has 0 radical (unpaired) electrons. The number of nitrogens with zero attached hydrogens (tertiary/aromatic N) is 1. The molecule has 0 aliphatic carbocycles. The van der Waals surface area contributed by atoms with E-state index >= 15 is 0 Å². The number of methoxy groups -OCH3 is 1. The molecular weight excluding hydrogens is 356 g/mol. The molecule has 0 saturated carbocycles. The molecule has 1 aromatic heterocycles. The van der Waals surface area contributed by atoms with Gasteiger partial charge in [0, 0.05) is 17.5 Å². The van der Waals surface area contributed by atoms with Gasteiger partial charge in [0.15, 0.2) is 0 Å². The molecule has 5 nitrogen and oxygen atoms in total. The zero-order valence-corrected chi connectivity index (χ0v) is 16.8. The lowest BCUT2D eigenvalue weighted by molar-refractivity contribution is 0.220. The summed E-state index contributed by atoms with van der Waals surface area (Å²) < 4.78 is 33.4. The first kappa shape index (κ1) is 19.9. The Bertz CT molecular complexity index is 766. The number of thiophene rings is 1. The summed E-state index contributed by atoms with van der Waals surface area (Å²) in [6, 6.07) is 11.2. The average Bonchev–Trinajstić information content (AvgIpc) is 3.06. The van der Waals surface area contributed by atoms with Crippen molar-refractivity contribution in [2.24, 2.45) is 0 Å². The van der Waals surface area contributed by atoms with Crippen LogP contribution in [0.15, 0.2) is 40.6 Å². The predicted octanol–water partition coefficient (Wildman–Crippen LogP) is 3.43. The van der Waals surface area contributed by atoms with E-state index in [1.54, 1.807) is 13.2 Å². The zero-order chi connectivity index (χ0) is 18.4. The number of rotatable bonds is 9. The average molecular weight is 383 g/mol. The summed E-state index contributed by atoms with van der Waals surface area (Å²) >= 11 is 1.29. The standard InChI is InChI=1S/C18H26N2O3S2/c1-5-20(6-2)17(15-8-10-16(23-4)11-9-15)13-19-25(21,22)18-12-7-14(3)24-18/h7-12,17,19H,5-6,13H2,1-4H3. The van der Waals surface area contributed by atoms with Gasteiger partial charge in [-0.1, -0.05) is 26.0 Å². The third-order valence-electron chi connectivity index (χ3n) is 4.20. The minimum Gasteiger partial charge on any atom is -0.497 e. The smallest absolute Gasteiger partial charge is 0.250 e. The Kier molecular flexibility index (Phi) is 7.01. The number of hydrogen-bond donors (Lipinski definition) is 1. The summed E-state index contributed by atoms with van der Waals surface area (Å²) in [7, 11) is -1.86. The van der Waals surface area contributed by atoms with Gasteiger partial charge in [-0.3, -0.25) is 4.90 Å². The molecule has 0 amide bonds. The zero-order valence-electron chi connectivity index (χ0n) is 15.2. The van der Waals surface area contributed by atoms with Crippen molar-refractivity contribution < 1.29 is 13.2 Å². The lowest BCUT2D eigenvalue weighted by Gasteiger charge is -2.30. The van der Waals surface area contributed by atoms with Crippen LogP contribution in [0.5, 0.6) is 5.75 Å². The van der Waals surface area contributed by atoms with Crippen LogP contribution in [-0.2, 0) is 10.0 Å². The van der Waals surface area contributed by atoms with Crippen LogP contribution < -0.4 is 9.46 Å². The van der Waals surface area contributed by atoms with E-state index in [0.29, 0.717) is 10.8 Å². The van der Waals surface area contributed by atoms with Crippen LogP contribution in [0.3, 0.4) is 0 Å². The van der Waals surface area contributed by atoms with Gasteiger partial charge in [0.25, 0.3) is 0 Å². The fourth-order valence-corrected chi connectivity index (χ4v) is 5.13. The van der Waals surface area contributed by atoms with Crippen molar-refractivity contribution in [3.05, 3.63) is 46.8 Å². The second-order valence-corrected chi connectivity index (χ2v) is 9.01. The number of hydrogen-bond acceptors (Lipinski definition) is 5. The second kappa shape index (κ2) is 8.80. The van der Waals surface area contributed by atoms with Crippen molar-refractivity contribution in [3.63, 3.8) is 0 Å². The highest BCUT2D eigenvalue weighted by atomic mass is 32.2. The van der Waals surface area contributed by atoms with E-state index in [1.807, 2.05) is 37.3 Å². The van der Waals surface area contributed by atoms with Gasteiger partial charge in [-0.05, 0) is 49.8 Å². The van der Waals surface area contributed by atoms with Crippen LogP contribution in [0, 0.1) is 6.92 Å². The molecule has 1 unspecified atom stereocenters. The Morgan fingerprint density at radius 2 is 1.76 bits per heavy atom. The number of likely N-dealkylation sites (N-methyl/N-ethyl adjacent to an activating group) is 1. The van der Waals surface area contributed by atoms with Crippen LogP contribution in [0.4, 0.5) is 0 Å². The monoisotopic (exact) mass is 382 g/mol. The fourth-order valence-electron chi connectivity index (χ4n) is 2.76. The number of nitrogens with one attached hydrogen (secondary N) is 1. The van der Waals surface area contributed by atoms with E-state index in [-0.39, 0.29) is 6.04 Å². The normalized spacial score (nSPS) is 13.2. The number of sulfonamides is 1. The minimum absolute atomic E-state index is 0.0308. The molecular formula is C18H26N2O3S2. The Labute approximate surface area is 154 Å². The van der Waals surface area contributed by atoms with Crippen LogP contribution in [0.25, 0.3) is 0 Å². The Balaban J connectivity index is 2.21. The number of aryl methyl sites for hydroxylation is 1. The maximum Gasteiger partial charge on any atom is 0.250 e. The van der Waals surface area contributed by atoms with Gasteiger partial charge in [-0.25, -0.2) is 13.1 Å². The molecule has 25 heavy (non-hydrogen) atoms. The van der Waals surface area contributed by atoms with Crippen molar-refractivity contribution in [3.8, 4) is 5.75 Å². The molecule has 2 rings (SSSR count). The largest absolute Gasteiger partial charge is 0.497 e. The fraction of sp³-hybridized carbons (Fsp3) is 0.444. The highest BCUT2D eigenvalue weighted by Gasteiger charge is 2.22. The molecule has 2 aromatic rings. The van der Waals surface area contributed by atoms with E-state index in [4.69, 9.17) is 4.74 Å². The quantitative estimate of drug-likeness (QED) is 0.722. The molecule has 1 aromatic carbocycles. The summed E-state index contributed by atoms with van der Waals surface area (Å²) in [6.45, 7) is 8.07. The molecule has 138 valence electrons. The van der Waals surface area contributed by atoms with Gasteiger partial charge in [-0.2, -0.15) is 0 Å². The van der Waals surface area contributed by atoms with E-state index in [9.17, 15) is 8.42 Å². The van der Waals surface area contributed by atoms with Crippen molar-refractivity contribution in [2.45, 2.75) is 31.0 Å². The SMILES string of the molecule is CCN(CC)C(CNS(=O)(=O)c1ccc(C)s1)c1ccc(OC)cc1. The van der Waals surface area contributed by atoms with Gasteiger partial charge < -0.3 is 4.74 Å². The molecule has 1 atom stereocenters. The van der Waals surface area contributed by atoms with Crippen LogP contribution in [0.1, 0.15) is 30.3 Å². The van der Waals surface area contributed by atoms with Crippen molar-refractivity contribution >= 4 is 21.4 Å². The maximum atomic E-state index is 12.5. The third-order valence-corrected chi connectivity index (χ3v) is 7.12. The Morgan fingerprint density at radius 3 is 2.24 bits per heavy atom. The highest BCUT2D eigenvalue weighted by Crippen LogP contribution is 2.24. The first-order valence-electron chi connectivity index (χ1n) is 8.35. The first-order chi connectivity index (χ1) is 11.9. The summed E-state index contributed by atoms with van der Waals surface area (Å²) in [4.78, 5) is 3.22. The van der Waals surface area contributed by atoms with Crippen LogP contribution in [0.2, 0.25) is 0 Å². The van der Waals surface area contributed by atoms with E-state index in [1.165, 1.54) is 11.3 Å². The van der Waals surface area contributed by atoms with Gasteiger partial charge in [0.1, 0.15) is 9.96 Å². The molecule has 0 aliphatic rings. The molecule has 7 heteroatoms. The molecule has 0 bridgehead atoms. The Morgan fingerprint density at radius 1 is 1.12 bits per heavy atom. The highest BCUT2D eigenvalue weighted by molar-refractivity contribution is 7.91. The van der Waals surface area contributed by atoms with Gasteiger partial charge >= 0.3 is 0 Å². The summed E-state index contributed by atoms with van der Waals surface area (Å²) in [5.41, 5.74) is 1.06. The predicted molar refractivity (Wildman–Crippen MR) is 103 cm³/mol. The first-order valence-corrected chi connectivity index (χ1v) is 10.6. The van der Waals surface area contributed by atoms with Crippen molar-refractivity contribution in [1.82, 2.24) is 9.62 Å². The second-order valence-electron chi connectivity index (χ2n) is 5.73. The van der Waals surface area contributed by atoms with Gasteiger partial charge in [0.2, 0.25) is 10.0 Å².